The van der Waals surface area contributed by atoms with Crippen LogP contribution < -0.4 is 16.6 Å². The first-order valence-corrected chi connectivity index (χ1v) is 10.00. The van der Waals surface area contributed by atoms with Crippen molar-refractivity contribution in [3.63, 3.8) is 0 Å². The number of aromatic nitrogens is 4. The van der Waals surface area contributed by atoms with Crippen molar-refractivity contribution in [2.45, 2.75) is 12.6 Å². The van der Waals surface area contributed by atoms with E-state index in [2.05, 4.69) is 22.4 Å². The zero-order valence-electron chi connectivity index (χ0n) is 16.7. The summed E-state index contributed by atoms with van der Waals surface area (Å²) in [6.07, 6.45) is 1.60. The number of fused-ring (bicyclic) bond motifs is 1. The van der Waals surface area contributed by atoms with Crippen LogP contribution in [0.1, 0.15) is 17.2 Å². The lowest BCUT2D eigenvalue weighted by Gasteiger charge is -2.20. The lowest BCUT2D eigenvalue weighted by Crippen LogP contribution is -2.37. The lowest BCUT2D eigenvalue weighted by atomic mass is 9.99. The first-order chi connectivity index (χ1) is 14.5. The van der Waals surface area contributed by atoms with Crippen molar-refractivity contribution in [1.29, 1.82) is 0 Å². The summed E-state index contributed by atoms with van der Waals surface area (Å²) in [5, 5.41) is 4.26. The maximum atomic E-state index is 12.6. The normalized spacial score (nSPS) is 12.4. The Labute approximate surface area is 178 Å². The number of imidazole rings is 1. The highest BCUT2D eigenvalue weighted by molar-refractivity contribution is 6.30. The molecule has 0 aliphatic heterocycles. The molecule has 0 aliphatic carbocycles. The lowest BCUT2D eigenvalue weighted by molar-refractivity contribution is 0.555. The van der Waals surface area contributed by atoms with E-state index in [1.807, 2.05) is 42.5 Å². The van der Waals surface area contributed by atoms with Gasteiger partial charge in [-0.1, -0.05) is 54.1 Å². The molecule has 0 radical (unpaired) electrons. The Balaban J connectivity index is 1.61. The Morgan fingerprint density at radius 1 is 0.967 bits per heavy atom. The average molecular weight is 424 g/mol. The molecule has 154 valence electrons. The van der Waals surface area contributed by atoms with Crippen LogP contribution in [0.4, 0.5) is 0 Å². The van der Waals surface area contributed by atoms with E-state index in [1.54, 1.807) is 17.9 Å². The number of nitrogens with zero attached hydrogens (tertiary/aromatic N) is 4. The monoisotopic (exact) mass is 423 g/mol. The van der Waals surface area contributed by atoms with Gasteiger partial charge in [-0.25, -0.2) is 9.78 Å². The Morgan fingerprint density at radius 3 is 2.33 bits per heavy atom. The van der Waals surface area contributed by atoms with Crippen LogP contribution in [0.2, 0.25) is 5.02 Å². The fourth-order valence-electron chi connectivity index (χ4n) is 3.62. The first kappa shape index (κ1) is 20.1. The topological polar surface area (TPSA) is 73.8 Å². The molecule has 2 aromatic carbocycles. The molecule has 1 atom stereocenters. The molecule has 2 aromatic heterocycles. The maximum Gasteiger partial charge on any atom is 0.332 e. The standard InChI is InChI=1S/C22H22ClN5O2/c1-26-20-19(21(29)27(2)22(26)30)28(14-25-20)13-12-24-18(15-6-4-3-5-7-15)16-8-10-17(23)11-9-16/h3-11,14,18,24H,12-13H2,1-2H3. The smallest absolute Gasteiger partial charge is 0.323 e. The largest absolute Gasteiger partial charge is 0.332 e. The molecule has 0 saturated heterocycles. The van der Waals surface area contributed by atoms with Crippen LogP contribution in [0.25, 0.3) is 11.2 Å². The van der Waals surface area contributed by atoms with E-state index in [9.17, 15) is 9.59 Å². The number of benzene rings is 2. The summed E-state index contributed by atoms with van der Waals surface area (Å²) in [6, 6.07) is 17.9. The van der Waals surface area contributed by atoms with Gasteiger partial charge >= 0.3 is 5.69 Å². The second-order valence-electron chi connectivity index (χ2n) is 7.17. The second-order valence-corrected chi connectivity index (χ2v) is 7.60. The summed E-state index contributed by atoms with van der Waals surface area (Å²) in [5.74, 6) is 0. The summed E-state index contributed by atoms with van der Waals surface area (Å²) in [4.78, 5) is 29.0. The molecule has 0 amide bonds. The number of hydrogen-bond donors (Lipinski definition) is 1. The van der Waals surface area contributed by atoms with Gasteiger partial charge in [-0.05, 0) is 23.3 Å². The van der Waals surface area contributed by atoms with Crippen LogP contribution in [-0.4, -0.2) is 25.2 Å². The van der Waals surface area contributed by atoms with E-state index in [0.717, 1.165) is 15.7 Å². The van der Waals surface area contributed by atoms with E-state index >= 15 is 0 Å². The van der Waals surface area contributed by atoms with Crippen LogP contribution in [0.3, 0.4) is 0 Å². The van der Waals surface area contributed by atoms with Gasteiger partial charge in [0.1, 0.15) is 0 Å². The predicted molar refractivity (Wildman–Crippen MR) is 118 cm³/mol. The molecule has 4 aromatic rings. The Kier molecular flexibility index (Phi) is 5.57. The third-order valence-corrected chi connectivity index (χ3v) is 5.51. The minimum absolute atomic E-state index is 0.0227. The summed E-state index contributed by atoms with van der Waals surface area (Å²) in [7, 11) is 3.09. The molecule has 1 unspecified atom stereocenters. The van der Waals surface area contributed by atoms with Crippen molar-refractivity contribution in [2.24, 2.45) is 14.1 Å². The Hall–Kier alpha value is -3.16. The number of rotatable bonds is 6. The third kappa shape index (κ3) is 3.69. The molecule has 7 nitrogen and oxygen atoms in total. The molecule has 0 saturated carbocycles. The minimum Gasteiger partial charge on any atom is -0.323 e. The fourth-order valence-corrected chi connectivity index (χ4v) is 3.75. The van der Waals surface area contributed by atoms with Gasteiger partial charge in [0.25, 0.3) is 5.56 Å². The molecule has 0 aliphatic rings. The zero-order valence-corrected chi connectivity index (χ0v) is 17.5. The van der Waals surface area contributed by atoms with Gasteiger partial charge in [0.05, 0.1) is 12.4 Å². The maximum absolute atomic E-state index is 12.6. The quantitative estimate of drug-likeness (QED) is 0.517. The van der Waals surface area contributed by atoms with Gasteiger partial charge in [0.15, 0.2) is 11.2 Å². The summed E-state index contributed by atoms with van der Waals surface area (Å²) >= 11 is 6.05. The van der Waals surface area contributed by atoms with Crippen LogP contribution >= 0.6 is 11.6 Å². The van der Waals surface area contributed by atoms with Gasteiger partial charge < -0.3 is 9.88 Å². The number of nitrogens with one attached hydrogen (secondary N) is 1. The second kappa shape index (κ2) is 8.30. The van der Waals surface area contributed by atoms with E-state index in [4.69, 9.17) is 11.6 Å². The predicted octanol–water partition coefficient (Wildman–Crippen LogP) is 2.47. The highest BCUT2D eigenvalue weighted by Gasteiger charge is 2.16. The molecule has 0 spiro atoms. The Bertz CT molecular complexity index is 1290. The highest BCUT2D eigenvalue weighted by atomic mass is 35.5. The molecule has 0 fully saturated rings. The SMILES string of the molecule is Cn1c(=O)c2c(ncn2CCNC(c2ccccc2)c2ccc(Cl)cc2)n(C)c1=O. The summed E-state index contributed by atoms with van der Waals surface area (Å²) in [5.41, 5.74) is 2.31. The van der Waals surface area contributed by atoms with Gasteiger partial charge in [0, 0.05) is 32.2 Å². The van der Waals surface area contributed by atoms with Crippen molar-refractivity contribution in [3.8, 4) is 0 Å². The average Bonchev–Trinajstić information content (AvgIpc) is 3.19. The van der Waals surface area contributed by atoms with Crippen LogP contribution in [0, 0.1) is 0 Å². The molecule has 30 heavy (non-hydrogen) atoms. The van der Waals surface area contributed by atoms with Crippen LogP contribution in [-0.2, 0) is 20.6 Å². The third-order valence-electron chi connectivity index (χ3n) is 5.25. The molecule has 0 bridgehead atoms. The number of aryl methyl sites for hydroxylation is 1. The van der Waals surface area contributed by atoms with Crippen LogP contribution in [0.15, 0.2) is 70.5 Å². The van der Waals surface area contributed by atoms with E-state index in [0.29, 0.717) is 29.3 Å². The van der Waals surface area contributed by atoms with E-state index in [1.165, 1.54) is 11.6 Å². The van der Waals surface area contributed by atoms with E-state index in [-0.39, 0.29) is 17.3 Å². The van der Waals surface area contributed by atoms with Crippen molar-refractivity contribution < 1.29 is 0 Å². The molecular weight excluding hydrogens is 402 g/mol. The fraction of sp³-hybridized carbons (Fsp3) is 0.227. The van der Waals surface area contributed by atoms with Gasteiger partial charge in [-0.3, -0.25) is 13.9 Å². The van der Waals surface area contributed by atoms with Crippen molar-refractivity contribution >= 4 is 22.8 Å². The van der Waals surface area contributed by atoms with Crippen LogP contribution in [0.5, 0.6) is 0 Å². The van der Waals surface area contributed by atoms with E-state index < -0.39 is 0 Å². The van der Waals surface area contributed by atoms with Gasteiger partial charge in [-0.2, -0.15) is 0 Å². The molecule has 8 heteroatoms. The summed E-state index contributed by atoms with van der Waals surface area (Å²) < 4.78 is 4.28. The molecule has 1 N–H and O–H groups in total. The highest BCUT2D eigenvalue weighted by Crippen LogP contribution is 2.23. The van der Waals surface area contributed by atoms with Gasteiger partial charge in [0.2, 0.25) is 0 Å². The van der Waals surface area contributed by atoms with Crippen molar-refractivity contribution in [1.82, 2.24) is 24.0 Å². The van der Waals surface area contributed by atoms with Crippen molar-refractivity contribution in [3.05, 3.63) is 97.9 Å². The minimum atomic E-state index is -0.386. The van der Waals surface area contributed by atoms with Crippen molar-refractivity contribution in [2.75, 3.05) is 6.54 Å². The molecular formula is C22H22ClN5O2. The molecule has 4 rings (SSSR count). The Morgan fingerprint density at radius 2 is 1.63 bits per heavy atom. The zero-order chi connectivity index (χ0) is 21.3. The number of hydrogen-bond acceptors (Lipinski definition) is 4. The van der Waals surface area contributed by atoms with Gasteiger partial charge in [-0.15, -0.1) is 0 Å². The number of halogens is 1. The first-order valence-electron chi connectivity index (χ1n) is 9.62. The molecule has 2 heterocycles. The summed E-state index contributed by atoms with van der Waals surface area (Å²) in [6.45, 7) is 1.13.